The van der Waals surface area contributed by atoms with Gasteiger partial charge in [-0.25, -0.2) is 4.79 Å². The minimum absolute atomic E-state index is 0.0248. The second-order valence-corrected chi connectivity index (χ2v) is 2.57. The molecule has 0 radical (unpaired) electrons. The van der Waals surface area contributed by atoms with Crippen LogP contribution in [-0.2, 0) is 14.3 Å². The zero-order valence-electron chi connectivity index (χ0n) is 7.15. The van der Waals surface area contributed by atoms with Gasteiger partial charge in [-0.2, -0.15) is 0 Å². The first kappa shape index (κ1) is 9.79. The number of carbonyl (C=O) groups is 2. The topological polar surface area (TPSA) is 84.9 Å². The smallest absolute Gasteiger partial charge is 0.405 e. The number of esters is 1. The van der Waals surface area contributed by atoms with Gasteiger partial charge in [-0.15, -0.1) is 0 Å². The molecule has 6 heteroatoms. The summed E-state index contributed by atoms with van der Waals surface area (Å²) >= 11 is 0. The van der Waals surface area contributed by atoms with E-state index in [1.165, 1.54) is 0 Å². The van der Waals surface area contributed by atoms with Gasteiger partial charge in [0.25, 0.3) is 0 Å². The van der Waals surface area contributed by atoms with E-state index >= 15 is 0 Å². The lowest BCUT2D eigenvalue weighted by Crippen LogP contribution is -2.40. The number of ether oxygens (including phenoxy) is 2. The minimum Gasteiger partial charge on any atom is -0.465 e. The number of nitrogens with one attached hydrogen (secondary N) is 1. The predicted molar refractivity (Wildman–Crippen MR) is 41.1 cm³/mol. The molecular formula is C7H11NO5. The maximum atomic E-state index is 10.8. The zero-order chi connectivity index (χ0) is 9.84. The van der Waals surface area contributed by atoms with Gasteiger partial charge in [-0.05, 0) is 6.92 Å². The molecule has 2 N–H and O–H groups in total. The van der Waals surface area contributed by atoms with Crippen LogP contribution in [0, 0.1) is 0 Å². The molecule has 1 rings (SSSR count). The van der Waals surface area contributed by atoms with Gasteiger partial charge in [0.05, 0.1) is 6.42 Å². The maximum Gasteiger partial charge on any atom is 0.405 e. The van der Waals surface area contributed by atoms with Crippen molar-refractivity contribution in [1.82, 2.24) is 5.32 Å². The highest BCUT2D eigenvalue weighted by atomic mass is 16.7. The molecular weight excluding hydrogens is 178 g/mol. The second kappa shape index (κ2) is 4.08. The second-order valence-electron chi connectivity index (χ2n) is 2.57. The molecule has 1 heterocycles. The molecule has 0 unspecified atom stereocenters. The Bertz CT molecular complexity index is 217. The quantitative estimate of drug-likeness (QED) is 0.607. The number of carboxylic acid groups (broad SMARTS) is 1. The number of cyclic esters (lactones) is 1. The fraction of sp³-hybridized carbons (Fsp3) is 0.714. The highest BCUT2D eigenvalue weighted by Gasteiger charge is 2.36. The average molecular weight is 189 g/mol. The standard InChI is InChI=1S/C7H11NO5/c1-2-12-6-4(8-7(10)11)3-5(9)13-6/h4,6,8H,2-3H2,1H3,(H,10,11)/t4-,6-/m0/s1. The van der Waals surface area contributed by atoms with Crippen molar-refractivity contribution in [3.05, 3.63) is 0 Å². The van der Waals surface area contributed by atoms with E-state index in [0.29, 0.717) is 6.61 Å². The number of amides is 1. The molecule has 0 spiro atoms. The Hall–Kier alpha value is -1.30. The van der Waals surface area contributed by atoms with Crippen LogP contribution in [0.15, 0.2) is 0 Å². The molecule has 0 aromatic heterocycles. The maximum absolute atomic E-state index is 10.8. The fourth-order valence-electron chi connectivity index (χ4n) is 1.13. The molecule has 0 aromatic carbocycles. The third-order valence-electron chi connectivity index (χ3n) is 1.60. The summed E-state index contributed by atoms with van der Waals surface area (Å²) in [6.45, 7) is 2.11. The van der Waals surface area contributed by atoms with Crippen LogP contribution in [0.3, 0.4) is 0 Å². The van der Waals surface area contributed by atoms with Crippen LogP contribution in [0.4, 0.5) is 4.79 Å². The molecule has 0 aromatic rings. The number of hydrogen-bond donors (Lipinski definition) is 2. The summed E-state index contributed by atoms with van der Waals surface area (Å²) in [5, 5.41) is 10.6. The van der Waals surface area contributed by atoms with E-state index in [9.17, 15) is 9.59 Å². The van der Waals surface area contributed by atoms with Crippen molar-refractivity contribution in [1.29, 1.82) is 0 Å². The largest absolute Gasteiger partial charge is 0.465 e. The van der Waals surface area contributed by atoms with E-state index in [1.807, 2.05) is 0 Å². The van der Waals surface area contributed by atoms with Gasteiger partial charge < -0.3 is 19.9 Å². The summed E-state index contributed by atoms with van der Waals surface area (Å²) in [5.74, 6) is -0.447. The lowest BCUT2D eigenvalue weighted by molar-refractivity contribution is -0.163. The number of rotatable bonds is 3. The van der Waals surface area contributed by atoms with Crippen LogP contribution in [-0.4, -0.2) is 36.1 Å². The molecule has 0 saturated carbocycles. The first-order valence-corrected chi connectivity index (χ1v) is 3.94. The zero-order valence-corrected chi connectivity index (χ0v) is 7.15. The van der Waals surface area contributed by atoms with Gasteiger partial charge >= 0.3 is 12.1 Å². The Kier molecular flexibility index (Phi) is 3.07. The molecule has 74 valence electrons. The van der Waals surface area contributed by atoms with Crippen molar-refractivity contribution >= 4 is 12.1 Å². The van der Waals surface area contributed by atoms with E-state index in [4.69, 9.17) is 14.6 Å². The predicted octanol–water partition coefficient (Wildman–Crippen LogP) is -0.0679. The van der Waals surface area contributed by atoms with E-state index in [-0.39, 0.29) is 6.42 Å². The van der Waals surface area contributed by atoms with E-state index in [0.717, 1.165) is 0 Å². The Balaban J connectivity index is 2.49. The molecule has 1 amide bonds. The molecule has 6 nitrogen and oxygen atoms in total. The SMILES string of the molecule is CCO[C@H]1OC(=O)C[C@@H]1NC(=O)O. The third-order valence-corrected chi connectivity index (χ3v) is 1.60. The minimum atomic E-state index is -1.19. The van der Waals surface area contributed by atoms with Crippen molar-refractivity contribution in [3.8, 4) is 0 Å². The van der Waals surface area contributed by atoms with Crippen LogP contribution >= 0.6 is 0 Å². The van der Waals surface area contributed by atoms with Gasteiger partial charge in [0.15, 0.2) is 0 Å². The van der Waals surface area contributed by atoms with Gasteiger partial charge in [0, 0.05) is 6.61 Å². The third kappa shape index (κ3) is 2.59. The summed E-state index contributed by atoms with van der Waals surface area (Å²) < 4.78 is 9.75. The molecule has 2 atom stereocenters. The Morgan fingerprint density at radius 2 is 2.54 bits per heavy atom. The highest BCUT2D eigenvalue weighted by molar-refractivity contribution is 5.74. The van der Waals surface area contributed by atoms with Crippen molar-refractivity contribution < 1.29 is 24.2 Å². The van der Waals surface area contributed by atoms with Crippen LogP contribution in [0.5, 0.6) is 0 Å². The average Bonchev–Trinajstić information content (AvgIpc) is 2.31. The molecule has 0 bridgehead atoms. The first-order chi connectivity index (χ1) is 6.13. The molecule has 13 heavy (non-hydrogen) atoms. The Labute approximate surface area is 74.8 Å². The van der Waals surface area contributed by atoms with E-state index in [2.05, 4.69) is 5.32 Å². The summed E-state index contributed by atoms with van der Waals surface area (Å²) in [5.41, 5.74) is 0. The first-order valence-electron chi connectivity index (χ1n) is 3.94. The molecule has 1 saturated heterocycles. The van der Waals surface area contributed by atoms with Crippen LogP contribution < -0.4 is 5.32 Å². The number of carbonyl (C=O) groups excluding carboxylic acids is 1. The Morgan fingerprint density at radius 3 is 3.08 bits per heavy atom. The monoisotopic (exact) mass is 189 g/mol. The number of hydrogen-bond acceptors (Lipinski definition) is 4. The van der Waals surface area contributed by atoms with Crippen molar-refractivity contribution in [2.45, 2.75) is 25.7 Å². The summed E-state index contributed by atoms with van der Waals surface area (Å²) in [6, 6.07) is -0.593. The van der Waals surface area contributed by atoms with Crippen LogP contribution in [0.2, 0.25) is 0 Å². The van der Waals surface area contributed by atoms with Crippen molar-refractivity contribution in [3.63, 3.8) is 0 Å². The van der Waals surface area contributed by atoms with Crippen molar-refractivity contribution in [2.24, 2.45) is 0 Å². The normalized spacial score (nSPS) is 27.0. The molecule has 1 aliphatic rings. The molecule has 0 aliphatic carbocycles. The van der Waals surface area contributed by atoms with Gasteiger partial charge in [0.2, 0.25) is 6.29 Å². The lowest BCUT2D eigenvalue weighted by Gasteiger charge is -2.16. The van der Waals surface area contributed by atoms with Crippen LogP contribution in [0.25, 0.3) is 0 Å². The van der Waals surface area contributed by atoms with Crippen LogP contribution in [0.1, 0.15) is 13.3 Å². The van der Waals surface area contributed by atoms with Gasteiger partial charge in [-0.3, -0.25) is 4.79 Å². The van der Waals surface area contributed by atoms with Crippen molar-refractivity contribution in [2.75, 3.05) is 6.61 Å². The summed E-state index contributed by atoms with van der Waals surface area (Å²) in [6.07, 6.45) is -1.95. The summed E-state index contributed by atoms with van der Waals surface area (Å²) in [4.78, 5) is 21.1. The van der Waals surface area contributed by atoms with E-state index in [1.54, 1.807) is 6.92 Å². The Morgan fingerprint density at radius 1 is 1.85 bits per heavy atom. The van der Waals surface area contributed by atoms with E-state index < -0.39 is 24.4 Å². The summed E-state index contributed by atoms with van der Waals surface area (Å²) in [7, 11) is 0. The highest BCUT2D eigenvalue weighted by Crippen LogP contribution is 2.15. The molecule has 1 aliphatic heterocycles. The lowest BCUT2D eigenvalue weighted by atomic mass is 10.2. The molecule has 1 fully saturated rings. The fourth-order valence-corrected chi connectivity index (χ4v) is 1.13. The van der Waals surface area contributed by atoms with Gasteiger partial charge in [0.1, 0.15) is 6.04 Å². The van der Waals surface area contributed by atoms with Gasteiger partial charge in [-0.1, -0.05) is 0 Å².